The van der Waals surface area contributed by atoms with Gasteiger partial charge in [0, 0.05) is 28.5 Å². The molecule has 1 aliphatic rings. The van der Waals surface area contributed by atoms with E-state index in [0.29, 0.717) is 16.6 Å². The first-order valence-corrected chi connectivity index (χ1v) is 8.10. The van der Waals surface area contributed by atoms with Crippen LogP contribution < -0.4 is 0 Å². The van der Waals surface area contributed by atoms with Crippen molar-refractivity contribution in [3.8, 4) is 5.69 Å². The molecule has 3 heterocycles. The summed E-state index contributed by atoms with van der Waals surface area (Å²) in [6, 6.07) is 11.6. The minimum Gasteiger partial charge on any atom is -0.315 e. The number of aromatic nitrogens is 2. The van der Waals surface area contributed by atoms with E-state index in [1.54, 1.807) is 12.3 Å². The van der Waals surface area contributed by atoms with Gasteiger partial charge in [0.05, 0.1) is 28.7 Å². The molecule has 6 heteroatoms. The van der Waals surface area contributed by atoms with Crippen LogP contribution in [-0.2, 0) is 6.54 Å². The van der Waals surface area contributed by atoms with E-state index < -0.39 is 0 Å². The Morgan fingerprint density at radius 2 is 1.87 bits per heavy atom. The Morgan fingerprint density at radius 3 is 2.70 bits per heavy atom. The zero-order chi connectivity index (χ0) is 16.0. The molecule has 0 aliphatic carbocycles. The summed E-state index contributed by atoms with van der Waals surface area (Å²) in [5.41, 5.74) is 4.63. The molecule has 1 aromatic carbocycles. The van der Waals surface area contributed by atoms with E-state index in [9.17, 15) is 0 Å². The summed E-state index contributed by atoms with van der Waals surface area (Å²) in [6.07, 6.45) is 3.68. The highest BCUT2D eigenvalue weighted by Gasteiger charge is 2.20. The fourth-order valence-corrected chi connectivity index (χ4v) is 3.24. The predicted molar refractivity (Wildman–Crippen MR) is 94.4 cm³/mol. The van der Waals surface area contributed by atoms with Crippen LogP contribution in [0.4, 0.5) is 0 Å². The van der Waals surface area contributed by atoms with Gasteiger partial charge in [-0.2, -0.15) is 0 Å². The van der Waals surface area contributed by atoms with Crippen LogP contribution in [0.15, 0.2) is 53.8 Å². The average Bonchev–Trinajstić information content (AvgIpc) is 2.95. The van der Waals surface area contributed by atoms with Crippen molar-refractivity contribution in [1.29, 1.82) is 0 Å². The predicted octanol–water partition coefficient (Wildman–Crippen LogP) is 5.18. The van der Waals surface area contributed by atoms with Gasteiger partial charge >= 0.3 is 0 Å². The highest BCUT2D eigenvalue weighted by molar-refractivity contribution is 6.41. The molecule has 0 amide bonds. The second kappa shape index (κ2) is 5.68. The van der Waals surface area contributed by atoms with Crippen molar-refractivity contribution in [2.75, 3.05) is 0 Å². The monoisotopic (exact) mass is 361 g/mol. The molecule has 0 saturated heterocycles. The number of rotatable bonds is 1. The third-order valence-electron chi connectivity index (χ3n) is 3.81. The molecule has 0 bridgehead atoms. The molecule has 0 fully saturated rings. The van der Waals surface area contributed by atoms with Crippen LogP contribution in [0.2, 0.25) is 15.2 Å². The Bertz CT molecular complexity index is 944. The fourth-order valence-electron chi connectivity index (χ4n) is 2.74. The molecular formula is C17H10Cl3N3. The van der Waals surface area contributed by atoms with Gasteiger partial charge in [-0.3, -0.25) is 4.99 Å². The fraction of sp³-hybridized carbons (Fsp3) is 0.0588. The zero-order valence-corrected chi connectivity index (χ0v) is 14.1. The van der Waals surface area contributed by atoms with Gasteiger partial charge in [-0.1, -0.05) is 40.9 Å². The highest BCUT2D eigenvalue weighted by atomic mass is 35.5. The van der Waals surface area contributed by atoms with E-state index in [4.69, 9.17) is 39.8 Å². The van der Waals surface area contributed by atoms with Gasteiger partial charge in [-0.25, -0.2) is 4.98 Å². The second-order valence-corrected chi connectivity index (χ2v) is 6.33. The van der Waals surface area contributed by atoms with E-state index in [2.05, 4.69) is 9.55 Å². The molecule has 4 rings (SSSR count). The molecule has 0 unspecified atom stereocenters. The minimum absolute atomic E-state index is 0.284. The molecule has 0 saturated carbocycles. The zero-order valence-electron chi connectivity index (χ0n) is 11.8. The van der Waals surface area contributed by atoms with Crippen molar-refractivity contribution in [2.45, 2.75) is 6.54 Å². The van der Waals surface area contributed by atoms with Gasteiger partial charge in [0.2, 0.25) is 0 Å². The molecule has 114 valence electrons. The van der Waals surface area contributed by atoms with Gasteiger partial charge < -0.3 is 4.57 Å². The third kappa shape index (κ3) is 2.45. The number of halogens is 3. The molecule has 3 nitrogen and oxygen atoms in total. The third-order valence-corrected chi connectivity index (χ3v) is 4.85. The molecule has 1 aliphatic heterocycles. The largest absolute Gasteiger partial charge is 0.315 e. The van der Waals surface area contributed by atoms with Crippen molar-refractivity contribution < 1.29 is 0 Å². The van der Waals surface area contributed by atoms with Crippen LogP contribution in [0.1, 0.15) is 16.8 Å². The Balaban J connectivity index is 1.94. The van der Waals surface area contributed by atoms with Gasteiger partial charge in [0.25, 0.3) is 0 Å². The van der Waals surface area contributed by atoms with Gasteiger partial charge in [0.15, 0.2) is 0 Å². The van der Waals surface area contributed by atoms with Crippen LogP contribution in [0.25, 0.3) is 5.69 Å². The summed E-state index contributed by atoms with van der Waals surface area (Å²) < 4.78 is 2.08. The van der Waals surface area contributed by atoms with Gasteiger partial charge in [-0.15, -0.1) is 0 Å². The number of nitrogens with zero attached hydrogens (tertiary/aromatic N) is 3. The van der Waals surface area contributed by atoms with Crippen molar-refractivity contribution in [3.05, 3.63) is 80.8 Å². The van der Waals surface area contributed by atoms with Crippen molar-refractivity contribution in [1.82, 2.24) is 9.55 Å². The quantitative estimate of drug-likeness (QED) is 0.548. The van der Waals surface area contributed by atoms with Crippen LogP contribution in [-0.4, -0.2) is 15.3 Å². The lowest BCUT2D eigenvalue weighted by Gasteiger charge is -2.11. The number of pyridine rings is 1. The normalized spacial score (nSPS) is 13.1. The number of aliphatic imine (C=N–C) groups is 1. The van der Waals surface area contributed by atoms with Crippen LogP contribution in [0, 0.1) is 0 Å². The summed E-state index contributed by atoms with van der Waals surface area (Å²) in [5.74, 6) is 0. The maximum absolute atomic E-state index is 6.35. The summed E-state index contributed by atoms with van der Waals surface area (Å²) in [4.78, 5) is 8.88. The molecule has 0 atom stereocenters. The lowest BCUT2D eigenvalue weighted by atomic mass is 10.1. The van der Waals surface area contributed by atoms with Gasteiger partial charge in [0.1, 0.15) is 5.15 Å². The maximum atomic E-state index is 6.35. The summed E-state index contributed by atoms with van der Waals surface area (Å²) in [6.45, 7) is 0.492. The van der Waals surface area contributed by atoms with E-state index in [1.165, 1.54) is 0 Å². The van der Waals surface area contributed by atoms with E-state index in [0.717, 1.165) is 28.2 Å². The first-order chi connectivity index (χ1) is 11.1. The molecule has 3 aromatic rings. The smallest absolute Gasteiger partial charge is 0.147 e. The number of hydrogen-bond donors (Lipinski definition) is 0. The van der Waals surface area contributed by atoms with Crippen LogP contribution >= 0.6 is 34.8 Å². The number of fused-ring (bicyclic) bond motifs is 3. The Kier molecular flexibility index (Phi) is 3.64. The molecule has 23 heavy (non-hydrogen) atoms. The lowest BCUT2D eigenvalue weighted by molar-refractivity contribution is 1.02. The minimum atomic E-state index is 0.284. The standard InChI is InChI=1S/C17H10Cl3N3/c18-12-3-1-4-14-11(12)9-21-16(15-5-2-6-23(14)15)10-7-13(19)17(20)22-8-10/h1-8H,9H2. The van der Waals surface area contributed by atoms with E-state index in [1.807, 2.05) is 36.5 Å². The Morgan fingerprint density at radius 1 is 1.00 bits per heavy atom. The first-order valence-electron chi connectivity index (χ1n) is 6.96. The van der Waals surface area contributed by atoms with Crippen molar-refractivity contribution in [3.63, 3.8) is 0 Å². The molecule has 2 aromatic heterocycles. The lowest BCUT2D eigenvalue weighted by Crippen LogP contribution is -2.08. The molecule has 0 N–H and O–H groups in total. The van der Waals surface area contributed by atoms with Gasteiger partial charge in [-0.05, 0) is 30.3 Å². The maximum Gasteiger partial charge on any atom is 0.147 e. The molecule has 0 radical (unpaired) electrons. The SMILES string of the molecule is Clc1cc(C2=NCc3c(Cl)cccc3-n3cccc32)cnc1Cl. The summed E-state index contributed by atoms with van der Waals surface area (Å²) >= 11 is 18.4. The summed E-state index contributed by atoms with van der Waals surface area (Å²) in [7, 11) is 0. The summed E-state index contributed by atoms with van der Waals surface area (Å²) in [5, 5.41) is 1.40. The average molecular weight is 363 g/mol. The van der Waals surface area contributed by atoms with Crippen molar-refractivity contribution >= 4 is 40.5 Å². The Labute approximate surface area is 148 Å². The molecule has 0 spiro atoms. The molecular weight excluding hydrogens is 353 g/mol. The Hall–Kier alpha value is -1.81. The van der Waals surface area contributed by atoms with Crippen molar-refractivity contribution in [2.24, 2.45) is 4.99 Å². The number of benzene rings is 1. The topological polar surface area (TPSA) is 30.2 Å². The van der Waals surface area contributed by atoms with Crippen LogP contribution in [0.3, 0.4) is 0 Å². The highest BCUT2D eigenvalue weighted by Crippen LogP contribution is 2.30. The number of hydrogen-bond acceptors (Lipinski definition) is 2. The first kappa shape index (κ1) is 14.8. The van der Waals surface area contributed by atoms with E-state index >= 15 is 0 Å². The van der Waals surface area contributed by atoms with E-state index in [-0.39, 0.29) is 5.15 Å². The van der Waals surface area contributed by atoms with Crippen LogP contribution in [0.5, 0.6) is 0 Å². The second-order valence-electron chi connectivity index (χ2n) is 5.16.